The van der Waals surface area contributed by atoms with Gasteiger partial charge in [-0.25, -0.2) is 4.98 Å². The fourth-order valence-electron chi connectivity index (χ4n) is 1.53. The Kier molecular flexibility index (Phi) is 4.76. The summed E-state index contributed by atoms with van der Waals surface area (Å²) in [5, 5.41) is 13.7. The molecule has 0 bridgehead atoms. The first-order chi connectivity index (χ1) is 9.95. The third-order valence-corrected chi connectivity index (χ3v) is 4.82. The van der Waals surface area contributed by atoms with E-state index in [1.165, 1.54) is 47.4 Å². The van der Waals surface area contributed by atoms with E-state index in [1.54, 1.807) is 0 Å². The maximum atomic E-state index is 11.8. The number of thioether (sulfide) groups is 1. The van der Waals surface area contributed by atoms with E-state index in [4.69, 9.17) is 5.73 Å². The van der Waals surface area contributed by atoms with Gasteiger partial charge in [-0.2, -0.15) is 0 Å². The number of nitrogens with two attached hydrogens (primary N) is 1. The van der Waals surface area contributed by atoms with Crippen LogP contribution in [0, 0.1) is 17.0 Å². The van der Waals surface area contributed by atoms with Gasteiger partial charge in [-0.1, -0.05) is 11.3 Å². The molecule has 3 N–H and O–H groups in total. The second-order valence-electron chi connectivity index (χ2n) is 4.07. The Morgan fingerprint density at radius 2 is 2.14 bits per heavy atom. The number of carbonyl (C=O) groups is 1. The van der Waals surface area contributed by atoms with Crippen molar-refractivity contribution in [2.45, 2.75) is 11.1 Å². The summed E-state index contributed by atoms with van der Waals surface area (Å²) >= 11 is 2.70. The number of nitro groups is 1. The van der Waals surface area contributed by atoms with Crippen LogP contribution in [0.1, 0.15) is 5.69 Å². The van der Waals surface area contributed by atoms with E-state index < -0.39 is 4.92 Å². The summed E-state index contributed by atoms with van der Waals surface area (Å²) in [6.07, 6.45) is 0. The van der Waals surface area contributed by atoms with Crippen molar-refractivity contribution in [3.8, 4) is 0 Å². The Balaban J connectivity index is 1.89. The first-order valence-corrected chi connectivity index (χ1v) is 7.66. The predicted molar refractivity (Wildman–Crippen MR) is 83.7 cm³/mol. The number of hydrogen-bond acceptors (Lipinski definition) is 7. The van der Waals surface area contributed by atoms with E-state index in [-0.39, 0.29) is 17.3 Å². The minimum Gasteiger partial charge on any atom is -0.375 e. The summed E-state index contributed by atoms with van der Waals surface area (Å²) in [6, 6.07) is 5.68. The van der Waals surface area contributed by atoms with E-state index in [1.807, 2.05) is 6.92 Å². The second kappa shape index (κ2) is 6.55. The molecule has 0 aliphatic carbocycles. The SMILES string of the molecule is Cc1nc(N)sc1SCC(=O)Nc1ccc([N+](=O)[O-])cc1. The molecule has 0 fully saturated rings. The molecule has 0 spiro atoms. The van der Waals surface area contributed by atoms with Gasteiger partial charge in [-0.15, -0.1) is 11.8 Å². The standard InChI is InChI=1S/C12H12N4O3S2/c1-7-11(21-12(13)14-7)20-6-10(17)15-8-2-4-9(5-3-8)16(18)19/h2-5H,6H2,1H3,(H2,13,14)(H,15,17). The molecule has 0 aliphatic rings. The van der Waals surface area contributed by atoms with Crippen molar-refractivity contribution in [2.75, 3.05) is 16.8 Å². The van der Waals surface area contributed by atoms with E-state index in [9.17, 15) is 14.9 Å². The molecule has 1 aromatic heterocycles. The van der Waals surface area contributed by atoms with Gasteiger partial charge in [0.15, 0.2) is 5.13 Å². The van der Waals surface area contributed by atoms with Crippen LogP contribution in [0.3, 0.4) is 0 Å². The highest BCUT2D eigenvalue weighted by atomic mass is 32.2. The highest BCUT2D eigenvalue weighted by Crippen LogP contribution is 2.30. The molecule has 21 heavy (non-hydrogen) atoms. The number of aryl methyl sites for hydroxylation is 1. The number of non-ortho nitro benzene ring substituents is 1. The summed E-state index contributed by atoms with van der Waals surface area (Å²) in [4.78, 5) is 25.9. The zero-order valence-corrected chi connectivity index (χ0v) is 12.7. The van der Waals surface area contributed by atoms with Gasteiger partial charge in [0.1, 0.15) is 0 Å². The summed E-state index contributed by atoms with van der Waals surface area (Å²) in [6.45, 7) is 1.84. The summed E-state index contributed by atoms with van der Waals surface area (Å²) in [5.41, 5.74) is 6.90. The summed E-state index contributed by atoms with van der Waals surface area (Å²) in [7, 11) is 0. The molecule has 0 unspecified atom stereocenters. The van der Waals surface area contributed by atoms with Crippen molar-refractivity contribution in [1.29, 1.82) is 0 Å². The van der Waals surface area contributed by atoms with Crippen LogP contribution in [-0.4, -0.2) is 21.6 Å². The van der Waals surface area contributed by atoms with Crippen molar-refractivity contribution >= 4 is 45.5 Å². The van der Waals surface area contributed by atoms with E-state index in [0.717, 1.165) is 9.90 Å². The average molecular weight is 324 g/mol. The summed E-state index contributed by atoms with van der Waals surface area (Å²) in [5.74, 6) is 0.0275. The van der Waals surface area contributed by atoms with E-state index in [2.05, 4.69) is 10.3 Å². The molecule has 1 amide bonds. The van der Waals surface area contributed by atoms with Crippen LogP contribution in [-0.2, 0) is 4.79 Å². The van der Waals surface area contributed by atoms with Crippen molar-refractivity contribution in [3.63, 3.8) is 0 Å². The van der Waals surface area contributed by atoms with Crippen molar-refractivity contribution < 1.29 is 9.72 Å². The topological polar surface area (TPSA) is 111 Å². The monoisotopic (exact) mass is 324 g/mol. The van der Waals surface area contributed by atoms with Crippen LogP contribution >= 0.6 is 23.1 Å². The van der Waals surface area contributed by atoms with Gasteiger partial charge in [0.05, 0.1) is 20.6 Å². The number of carbonyl (C=O) groups excluding carboxylic acids is 1. The van der Waals surface area contributed by atoms with E-state index >= 15 is 0 Å². The van der Waals surface area contributed by atoms with Gasteiger partial charge >= 0.3 is 0 Å². The molecule has 2 rings (SSSR count). The van der Waals surface area contributed by atoms with Crippen LogP contribution < -0.4 is 11.1 Å². The van der Waals surface area contributed by atoms with Crippen molar-refractivity contribution in [3.05, 3.63) is 40.1 Å². The third kappa shape index (κ3) is 4.17. The molecule has 0 aliphatic heterocycles. The lowest BCUT2D eigenvalue weighted by Crippen LogP contribution is -2.13. The highest BCUT2D eigenvalue weighted by Gasteiger charge is 2.10. The number of rotatable bonds is 5. The Bertz CT molecular complexity index is 670. The molecular weight excluding hydrogens is 312 g/mol. The van der Waals surface area contributed by atoms with Gasteiger partial charge in [0, 0.05) is 17.8 Å². The molecule has 9 heteroatoms. The Hall–Kier alpha value is -2.13. The zero-order valence-electron chi connectivity index (χ0n) is 11.0. The Morgan fingerprint density at radius 1 is 1.48 bits per heavy atom. The first-order valence-electron chi connectivity index (χ1n) is 5.85. The lowest BCUT2D eigenvalue weighted by molar-refractivity contribution is -0.384. The number of nitrogens with zero attached hydrogens (tertiary/aromatic N) is 2. The van der Waals surface area contributed by atoms with Gasteiger partial charge in [0.25, 0.3) is 5.69 Å². The molecule has 0 saturated carbocycles. The highest BCUT2D eigenvalue weighted by molar-refractivity contribution is 8.01. The molecular formula is C12H12N4O3S2. The maximum absolute atomic E-state index is 11.8. The van der Waals surface area contributed by atoms with E-state index in [0.29, 0.717) is 10.8 Å². The van der Waals surface area contributed by atoms with Crippen LogP contribution in [0.5, 0.6) is 0 Å². The molecule has 7 nitrogen and oxygen atoms in total. The maximum Gasteiger partial charge on any atom is 0.269 e. The third-order valence-electron chi connectivity index (χ3n) is 2.47. The van der Waals surface area contributed by atoms with Gasteiger partial charge < -0.3 is 11.1 Å². The Labute approximate surface area is 128 Å². The number of thiazole rings is 1. The molecule has 0 saturated heterocycles. The Morgan fingerprint density at radius 3 is 2.67 bits per heavy atom. The van der Waals surface area contributed by atoms with Crippen LogP contribution in [0.4, 0.5) is 16.5 Å². The largest absolute Gasteiger partial charge is 0.375 e. The smallest absolute Gasteiger partial charge is 0.269 e. The number of amides is 1. The fraction of sp³-hybridized carbons (Fsp3) is 0.167. The second-order valence-corrected chi connectivity index (χ2v) is 6.34. The molecule has 1 heterocycles. The number of nitrogen functional groups attached to an aromatic ring is 1. The zero-order chi connectivity index (χ0) is 15.4. The summed E-state index contributed by atoms with van der Waals surface area (Å²) < 4.78 is 0.909. The van der Waals surface area contributed by atoms with Crippen LogP contribution in [0.2, 0.25) is 0 Å². The molecule has 1 aromatic carbocycles. The first kappa shape index (κ1) is 15.3. The number of hydrogen-bond donors (Lipinski definition) is 2. The quantitative estimate of drug-likeness (QED) is 0.497. The molecule has 0 radical (unpaired) electrons. The number of nitrogens with one attached hydrogen (secondary N) is 1. The van der Waals surface area contributed by atoms with Gasteiger partial charge in [0.2, 0.25) is 5.91 Å². The minimum atomic E-state index is -0.488. The minimum absolute atomic E-state index is 0.0156. The van der Waals surface area contributed by atoms with Crippen molar-refractivity contribution in [2.24, 2.45) is 0 Å². The average Bonchev–Trinajstić information content (AvgIpc) is 2.75. The molecule has 2 aromatic rings. The number of nitro benzene ring substituents is 1. The number of aromatic nitrogens is 1. The lowest BCUT2D eigenvalue weighted by Gasteiger charge is -2.04. The predicted octanol–water partition coefficient (Wildman–Crippen LogP) is 2.67. The van der Waals surface area contributed by atoms with Crippen molar-refractivity contribution in [1.82, 2.24) is 4.98 Å². The molecule has 0 atom stereocenters. The number of anilines is 2. The fourth-order valence-corrected chi connectivity index (χ4v) is 3.35. The van der Waals surface area contributed by atoms with Gasteiger partial charge in [-0.3, -0.25) is 14.9 Å². The lowest BCUT2D eigenvalue weighted by atomic mass is 10.3. The van der Waals surface area contributed by atoms with Gasteiger partial charge in [-0.05, 0) is 19.1 Å². The van der Waals surface area contributed by atoms with Crippen LogP contribution in [0.15, 0.2) is 28.5 Å². The number of benzene rings is 1. The molecule has 110 valence electrons. The van der Waals surface area contributed by atoms with Crippen LogP contribution in [0.25, 0.3) is 0 Å². The normalized spacial score (nSPS) is 10.3.